The molecule has 92 valence electrons. The molecule has 3 rings (SSSR count). The minimum absolute atomic E-state index is 0.421. The van der Waals surface area contributed by atoms with Crippen LogP contribution in [-0.4, -0.2) is 15.7 Å². The van der Waals surface area contributed by atoms with Gasteiger partial charge in [0.05, 0.1) is 4.34 Å². The minimum atomic E-state index is 0.421. The van der Waals surface area contributed by atoms with Crippen molar-refractivity contribution < 1.29 is 4.79 Å². The molecule has 0 aliphatic rings. The maximum absolute atomic E-state index is 11.2. The molecule has 0 spiro atoms. The van der Waals surface area contributed by atoms with Gasteiger partial charge in [-0.3, -0.25) is 9.20 Å². The highest BCUT2D eigenvalue weighted by Gasteiger charge is 2.19. The van der Waals surface area contributed by atoms with Gasteiger partial charge in [0.25, 0.3) is 0 Å². The Labute approximate surface area is 125 Å². The van der Waals surface area contributed by atoms with E-state index in [9.17, 15) is 4.79 Å². The number of aromatic nitrogens is 2. The lowest BCUT2D eigenvalue weighted by molar-refractivity contribution is 0.111. The van der Waals surface area contributed by atoms with Crippen molar-refractivity contribution in [3.8, 4) is 11.3 Å². The molecule has 0 radical (unpaired) electrons. The van der Waals surface area contributed by atoms with Crippen LogP contribution in [-0.2, 0) is 0 Å². The molecule has 0 bridgehead atoms. The van der Waals surface area contributed by atoms with Crippen molar-refractivity contribution in [2.75, 3.05) is 0 Å². The molecule has 18 heavy (non-hydrogen) atoms. The molecule has 0 fully saturated rings. The number of rotatable bonds is 2. The van der Waals surface area contributed by atoms with E-state index in [1.807, 2.05) is 0 Å². The van der Waals surface area contributed by atoms with Gasteiger partial charge < -0.3 is 0 Å². The highest BCUT2D eigenvalue weighted by molar-refractivity contribution is 7.21. The molecule has 0 amide bonds. The zero-order chi connectivity index (χ0) is 12.9. The normalized spacial score (nSPS) is 11.3. The van der Waals surface area contributed by atoms with E-state index in [1.165, 1.54) is 22.7 Å². The number of aldehydes is 1. The SMILES string of the molecule is O=Cc1c(-c2cc(Cl)sc2Cl)nc2sc(Cl)cn12. The van der Waals surface area contributed by atoms with Gasteiger partial charge in [0.2, 0.25) is 0 Å². The Bertz CT molecular complexity index is 759. The molecule has 0 saturated carbocycles. The van der Waals surface area contributed by atoms with Crippen LogP contribution < -0.4 is 0 Å². The zero-order valence-corrected chi connectivity index (χ0v) is 12.4. The first-order valence-corrected chi connectivity index (χ1v) is 7.44. The van der Waals surface area contributed by atoms with Crippen LogP contribution in [0.15, 0.2) is 12.3 Å². The fourth-order valence-corrected chi connectivity index (χ4v) is 4.14. The lowest BCUT2D eigenvalue weighted by Crippen LogP contribution is -1.89. The molecule has 3 aromatic rings. The maximum atomic E-state index is 11.2. The van der Waals surface area contributed by atoms with Crippen LogP contribution in [0.1, 0.15) is 10.5 Å². The second kappa shape index (κ2) is 4.51. The molecule has 3 heterocycles. The minimum Gasteiger partial charge on any atom is -0.296 e. The van der Waals surface area contributed by atoms with E-state index in [4.69, 9.17) is 34.8 Å². The number of hydrogen-bond donors (Lipinski definition) is 0. The monoisotopic (exact) mass is 336 g/mol. The number of nitrogens with zero attached hydrogens (tertiary/aromatic N) is 2. The Morgan fingerprint density at radius 3 is 2.61 bits per heavy atom. The summed E-state index contributed by atoms with van der Waals surface area (Å²) < 4.78 is 3.29. The lowest BCUT2D eigenvalue weighted by Gasteiger charge is -1.94. The van der Waals surface area contributed by atoms with Crippen LogP contribution >= 0.6 is 57.5 Å². The van der Waals surface area contributed by atoms with Crippen molar-refractivity contribution in [2.45, 2.75) is 0 Å². The van der Waals surface area contributed by atoms with E-state index in [-0.39, 0.29) is 0 Å². The Morgan fingerprint density at radius 2 is 2.00 bits per heavy atom. The first-order chi connectivity index (χ1) is 8.60. The summed E-state index contributed by atoms with van der Waals surface area (Å²) in [6, 6.07) is 1.70. The number of thiophene rings is 1. The first kappa shape index (κ1) is 12.4. The van der Waals surface area contributed by atoms with Gasteiger partial charge in [0, 0.05) is 11.8 Å². The largest absolute Gasteiger partial charge is 0.296 e. The number of carbonyl (C=O) groups is 1. The van der Waals surface area contributed by atoms with Gasteiger partial charge in [0.15, 0.2) is 11.2 Å². The molecule has 0 atom stereocenters. The molecule has 0 unspecified atom stereocenters. The van der Waals surface area contributed by atoms with Crippen molar-refractivity contribution in [1.82, 2.24) is 9.38 Å². The highest BCUT2D eigenvalue weighted by atomic mass is 35.5. The highest BCUT2D eigenvalue weighted by Crippen LogP contribution is 2.39. The van der Waals surface area contributed by atoms with Gasteiger partial charge in [-0.2, -0.15) is 0 Å². The van der Waals surface area contributed by atoms with Crippen LogP contribution in [0.2, 0.25) is 13.0 Å². The summed E-state index contributed by atoms with van der Waals surface area (Å²) in [6.07, 6.45) is 2.39. The number of fused-ring (bicyclic) bond motifs is 1. The fourth-order valence-electron chi connectivity index (χ4n) is 1.65. The molecule has 0 aliphatic heterocycles. The van der Waals surface area contributed by atoms with Crippen molar-refractivity contribution >= 4 is 68.7 Å². The zero-order valence-electron chi connectivity index (χ0n) is 8.49. The molecule has 8 heteroatoms. The molecular formula is C10H3Cl3N2OS2. The van der Waals surface area contributed by atoms with Crippen LogP contribution in [0, 0.1) is 0 Å². The summed E-state index contributed by atoms with van der Waals surface area (Å²) in [5.41, 5.74) is 1.62. The summed E-state index contributed by atoms with van der Waals surface area (Å²) in [5.74, 6) is 0. The number of carbonyl (C=O) groups excluding carboxylic acids is 1. The fraction of sp³-hybridized carbons (Fsp3) is 0. The van der Waals surface area contributed by atoms with Crippen LogP contribution in [0.4, 0.5) is 0 Å². The third-order valence-electron chi connectivity index (χ3n) is 2.36. The lowest BCUT2D eigenvalue weighted by atomic mass is 10.2. The summed E-state index contributed by atoms with van der Waals surface area (Å²) in [7, 11) is 0. The Kier molecular flexibility index (Phi) is 3.11. The van der Waals surface area contributed by atoms with Gasteiger partial charge in [-0.25, -0.2) is 4.98 Å². The van der Waals surface area contributed by atoms with E-state index < -0.39 is 0 Å². The molecule has 0 N–H and O–H groups in total. The molecule has 0 aliphatic carbocycles. The topological polar surface area (TPSA) is 34.4 Å². The van der Waals surface area contributed by atoms with E-state index in [0.29, 0.717) is 34.9 Å². The Hall–Kier alpha value is -0.590. The number of thiazole rings is 1. The van der Waals surface area contributed by atoms with Crippen molar-refractivity contribution in [1.29, 1.82) is 0 Å². The van der Waals surface area contributed by atoms with E-state index in [0.717, 1.165) is 6.29 Å². The summed E-state index contributed by atoms with van der Waals surface area (Å²) in [6.45, 7) is 0. The number of halogens is 3. The van der Waals surface area contributed by atoms with Crippen molar-refractivity contribution in [2.24, 2.45) is 0 Å². The summed E-state index contributed by atoms with van der Waals surface area (Å²) >= 11 is 20.4. The molecule has 0 saturated heterocycles. The summed E-state index contributed by atoms with van der Waals surface area (Å²) in [5, 5.41) is 0. The van der Waals surface area contributed by atoms with Crippen molar-refractivity contribution in [3.05, 3.63) is 31.0 Å². The third-order valence-corrected chi connectivity index (χ3v) is 4.95. The molecular weight excluding hydrogens is 335 g/mol. The van der Waals surface area contributed by atoms with Gasteiger partial charge in [-0.1, -0.05) is 46.1 Å². The quantitative estimate of drug-likeness (QED) is 0.623. The first-order valence-electron chi connectivity index (χ1n) is 4.68. The second-order valence-electron chi connectivity index (χ2n) is 3.39. The molecule has 0 aromatic carbocycles. The number of imidazole rings is 1. The Morgan fingerprint density at radius 1 is 1.22 bits per heavy atom. The van der Waals surface area contributed by atoms with Gasteiger partial charge in [0.1, 0.15) is 20.1 Å². The maximum Gasteiger partial charge on any atom is 0.196 e. The number of hydrogen-bond acceptors (Lipinski definition) is 4. The third kappa shape index (κ3) is 1.87. The molecule has 3 aromatic heterocycles. The van der Waals surface area contributed by atoms with Gasteiger partial charge in [-0.15, -0.1) is 11.3 Å². The Balaban J connectivity index is 2.32. The van der Waals surface area contributed by atoms with Gasteiger partial charge in [-0.05, 0) is 6.07 Å². The van der Waals surface area contributed by atoms with Crippen molar-refractivity contribution in [3.63, 3.8) is 0 Å². The van der Waals surface area contributed by atoms with Crippen LogP contribution in [0.3, 0.4) is 0 Å². The predicted octanol–water partition coefficient (Wildman–Crippen LogP) is 4.90. The standard InChI is InChI=1S/C10H3Cl3N2OS2/c11-6-1-4(9(13)17-6)8-5(3-16)15-2-7(12)18-10(15)14-8/h1-3H. The summed E-state index contributed by atoms with van der Waals surface area (Å²) in [4.78, 5) is 16.3. The smallest absolute Gasteiger partial charge is 0.196 e. The van der Waals surface area contributed by atoms with Crippen LogP contribution in [0.5, 0.6) is 0 Å². The van der Waals surface area contributed by atoms with Crippen LogP contribution in [0.25, 0.3) is 16.2 Å². The van der Waals surface area contributed by atoms with Gasteiger partial charge >= 0.3 is 0 Å². The average molecular weight is 338 g/mol. The molecule has 3 nitrogen and oxygen atoms in total. The predicted molar refractivity (Wildman–Crippen MR) is 76.8 cm³/mol. The second-order valence-corrected chi connectivity index (χ2v) is 7.32. The van der Waals surface area contributed by atoms with E-state index >= 15 is 0 Å². The average Bonchev–Trinajstić information content (AvgIpc) is 2.90. The van der Waals surface area contributed by atoms with E-state index in [1.54, 1.807) is 16.7 Å². The van der Waals surface area contributed by atoms with E-state index in [2.05, 4.69) is 4.98 Å².